The van der Waals surface area contributed by atoms with E-state index in [1.807, 2.05) is 6.08 Å². The Kier molecular flexibility index (Phi) is 6.68. The second-order valence-electron chi connectivity index (χ2n) is 3.08. The fourth-order valence-corrected chi connectivity index (χ4v) is 1.52. The van der Waals surface area contributed by atoms with Crippen LogP contribution in [-0.4, -0.2) is 13.1 Å². The van der Waals surface area contributed by atoms with Gasteiger partial charge in [-0.05, 0) is 44.7 Å². The minimum Gasteiger partial charge on any atom is -0.316 e. The molecule has 0 spiro atoms. The molecule has 1 heterocycles. The third-order valence-corrected chi connectivity index (χ3v) is 2.18. The monoisotopic (exact) mass is 175 g/mol. The first-order valence-electron chi connectivity index (χ1n) is 4.25. The van der Waals surface area contributed by atoms with E-state index in [9.17, 15) is 0 Å². The van der Waals surface area contributed by atoms with E-state index in [0.29, 0.717) is 0 Å². The molecule has 1 fully saturated rings. The van der Waals surface area contributed by atoms with Gasteiger partial charge in [-0.15, -0.1) is 19.0 Å². The van der Waals surface area contributed by atoms with Crippen LogP contribution in [0.15, 0.2) is 12.7 Å². The van der Waals surface area contributed by atoms with Gasteiger partial charge in [0.2, 0.25) is 0 Å². The Hall–Kier alpha value is -0.0100. The average Bonchev–Trinajstić information content (AvgIpc) is 2.03. The lowest BCUT2D eigenvalue weighted by Gasteiger charge is -2.21. The Morgan fingerprint density at radius 3 is 2.91 bits per heavy atom. The highest BCUT2D eigenvalue weighted by atomic mass is 35.5. The van der Waals surface area contributed by atoms with Crippen molar-refractivity contribution in [2.45, 2.75) is 25.7 Å². The number of piperidine rings is 1. The highest BCUT2D eigenvalue weighted by molar-refractivity contribution is 5.85. The number of hydrogen-bond donors (Lipinski definition) is 1. The van der Waals surface area contributed by atoms with Crippen molar-refractivity contribution < 1.29 is 0 Å². The van der Waals surface area contributed by atoms with Crippen molar-refractivity contribution in [2.24, 2.45) is 5.92 Å². The minimum absolute atomic E-state index is 0. The first-order chi connectivity index (χ1) is 4.93. The molecule has 1 atom stereocenters. The van der Waals surface area contributed by atoms with Gasteiger partial charge in [-0.2, -0.15) is 0 Å². The van der Waals surface area contributed by atoms with Gasteiger partial charge < -0.3 is 5.32 Å². The zero-order chi connectivity index (χ0) is 7.23. The first-order valence-corrected chi connectivity index (χ1v) is 4.25. The smallest absolute Gasteiger partial charge is 0.00204 e. The maximum Gasteiger partial charge on any atom is -0.00204 e. The molecule has 1 saturated heterocycles. The topological polar surface area (TPSA) is 12.0 Å². The zero-order valence-electron chi connectivity index (χ0n) is 7.01. The normalized spacial score (nSPS) is 23.8. The van der Waals surface area contributed by atoms with Gasteiger partial charge in [-0.1, -0.05) is 6.08 Å². The molecule has 1 unspecified atom stereocenters. The molecule has 0 saturated carbocycles. The molecule has 0 aromatic rings. The van der Waals surface area contributed by atoms with E-state index in [1.165, 1.54) is 38.8 Å². The van der Waals surface area contributed by atoms with Crippen LogP contribution >= 0.6 is 12.4 Å². The molecule has 1 aliphatic rings. The summed E-state index contributed by atoms with van der Waals surface area (Å²) in [5.74, 6) is 0.923. The quantitative estimate of drug-likeness (QED) is 0.650. The van der Waals surface area contributed by atoms with Gasteiger partial charge in [0.05, 0.1) is 0 Å². The molecule has 0 bridgehead atoms. The minimum atomic E-state index is 0. The third-order valence-electron chi connectivity index (χ3n) is 2.18. The Bertz CT molecular complexity index is 97.7. The number of halogens is 1. The maximum absolute atomic E-state index is 3.72. The molecular formula is C9H18ClN. The van der Waals surface area contributed by atoms with E-state index in [-0.39, 0.29) is 12.4 Å². The fourth-order valence-electron chi connectivity index (χ4n) is 1.52. The van der Waals surface area contributed by atoms with Crippen LogP contribution in [0.5, 0.6) is 0 Å². The van der Waals surface area contributed by atoms with Crippen LogP contribution in [0.3, 0.4) is 0 Å². The summed E-state index contributed by atoms with van der Waals surface area (Å²) < 4.78 is 0. The Labute approximate surface area is 75.7 Å². The lowest BCUT2D eigenvalue weighted by molar-refractivity contribution is 0.360. The summed E-state index contributed by atoms with van der Waals surface area (Å²) in [6.07, 6.45) is 7.32. The lowest BCUT2D eigenvalue weighted by Crippen LogP contribution is -2.29. The number of nitrogens with one attached hydrogen (secondary N) is 1. The summed E-state index contributed by atoms with van der Waals surface area (Å²) in [6, 6.07) is 0. The summed E-state index contributed by atoms with van der Waals surface area (Å²) in [7, 11) is 0. The van der Waals surface area contributed by atoms with Gasteiger partial charge in [0.1, 0.15) is 0 Å². The standard InChI is InChI=1S/C9H17N.ClH/c1-2-3-5-9-6-4-7-10-8-9;/h2,9-10H,1,3-8H2;1H. The van der Waals surface area contributed by atoms with E-state index in [0.717, 1.165) is 5.92 Å². The molecule has 0 amide bonds. The van der Waals surface area contributed by atoms with Crippen molar-refractivity contribution in [3.63, 3.8) is 0 Å². The van der Waals surface area contributed by atoms with Crippen LogP contribution in [0.2, 0.25) is 0 Å². The number of rotatable bonds is 3. The SMILES string of the molecule is C=CCCC1CCCNC1.Cl. The zero-order valence-corrected chi connectivity index (χ0v) is 7.83. The molecule has 1 N–H and O–H groups in total. The summed E-state index contributed by atoms with van der Waals surface area (Å²) in [6.45, 7) is 6.18. The van der Waals surface area contributed by atoms with E-state index < -0.39 is 0 Å². The molecule has 0 aromatic heterocycles. The van der Waals surface area contributed by atoms with Crippen LogP contribution < -0.4 is 5.32 Å². The average molecular weight is 176 g/mol. The van der Waals surface area contributed by atoms with Crippen LogP contribution in [0, 0.1) is 5.92 Å². The van der Waals surface area contributed by atoms with Crippen molar-refractivity contribution in [1.82, 2.24) is 5.32 Å². The summed E-state index contributed by atoms with van der Waals surface area (Å²) >= 11 is 0. The summed E-state index contributed by atoms with van der Waals surface area (Å²) in [4.78, 5) is 0. The first kappa shape index (κ1) is 11.0. The maximum atomic E-state index is 3.72. The van der Waals surface area contributed by atoms with E-state index in [1.54, 1.807) is 0 Å². The van der Waals surface area contributed by atoms with E-state index >= 15 is 0 Å². The molecule has 1 nitrogen and oxygen atoms in total. The molecule has 0 radical (unpaired) electrons. The molecule has 11 heavy (non-hydrogen) atoms. The number of allylic oxidation sites excluding steroid dienone is 1. The van der Waals surface area contributed by atoms with Crippen molar-refractivity contribution >= 4 is 12.4 Å². The van der Waals surface area contributed by atoms with Crippen LogP contribution in [-0.2, 0) is 0 Å². The largest absolute Gasteiger partial charge is 0.316 e. The predicted octanol–water partition coefficient (Wildman–Crippen LogP) is 2.37. The molecule has 66 valence electrons. The van der Waals surface area contributed by atoms with E-state index in [2.05, 4.69) is 11.9 Å². The van der Waals surface area contributed by atoms with Gasteiger partial charge in [0, 0.05) is 0 Å². The summed E-state index contributed by atoms with van der Waals surface area (Å²) in [5.41, 5.74) is 0. The van der Waals surface area contributed by atoms with E-state index in [4.69, 9.17) is 0 Å². The van der Waals surface area contributed by atoms with Crippen molar-refractivity contribution in [2.75, 3.05) is 13.1 Å². The second-order valence-corrected chi connectivity index (χ2v) is 3.08. The highest BCUT2D eigenvalue weighted by Crippen LogP contribution is 2.15. The van der Waals surface area contributed by atoms with Crippen LogP contribution in [0.25, 0.3) is 0 Å². The fraction of sp³-hybridized carbons (Fsp3) is 0.778. The van der Waals surface area contributed by atoms with Gasteiger partial charge in [-0.3, -0.25) is 0 Å². The van der Waals surface area contributed by atoms with Crippen LogP contribution in [0.1, 0.15) is 25.7 Å². The second kappa shape index (κ2) is 6.68. The highest BCUT2D eigenvalue weighted by Gasteiger charge is 2.10. The van der Waals surface area contributed by atoms with Gasteiger partial charge in [-0.25, -0.2) is 0 Å². The van der Waals surface area contributed by atoms with Crippen LogP contribution in [0.4, 0.5) is 0 Å². The van der Waals surface area contributed by atoms with Gasteiger partial charge >= 0.3 is 0 Å². The molecular weight excluding hydrogens is 158 g/mol. The lowest BCUT2D eigenvalue weighted by atomic mass is 9.95. The Morgan fingerprint density at radius 1 is 1.55 bits per heavy atom. The number of hydrogen-bond acceptors (Lipinski definition) is 1. The van der Waals surface area contributed by atoms with Crippen molar-refractivity contribution in [1.29, 1.82) is 0 Å². The molecule has 0 aromatic carbocycles. The van der Waals surface area contributed by atoms with Crippen molar-refractivity contribution in [3.8, 4) is 0 Å². The Morgan fingerprint density at radius 2 is 2.36 bits per heavy atom. The van der Waals surface area contributed by atoms with Gasteiger partial charge in [0.25, 0.3) is 0 Å². The predicted molar refractivity (Wildman–Crippen MR) is 52.3 cm³/mol. The van der Waals surface area contributed by atoms with Gasteiger partial charge in [0.15, 0.2) is 0 Å². The molecule has 2 heteroatoms. The molecule has 1 rings (SSSR count). The third kappa shape index (κ3) is 4.44. The molecule has 1 aliphatic heterocycles. The van der Waals surface area contributed by atoms with Crippen molar-refractivity contribution in [3.05, 3.63) is 12.7 Å². The molecule has 0 aliphatic carbocycles. The Balaban J connectivity index is 0.000001000. The summed E-state index contributed by atoms with van der Waals surface area (Å²) in [5, 5.41) is 3.41.